The average molecular weight is 407 g/mol. The summed E-state index contributed by atoms with van der Waals surface area (Å²) in [6, 6.07) is 21.3. The van der Waals surface area contributed by atoms with Crippen molar-refractivity contribution in [1.82, 2.24) is 0 Å². The Labute approximate surface area is 172 Å². The van der Waals surface area contributed by atoms with Crippen LogP contribution in [0.4, 0.5) is 10.1 Å². The van der Waals surface area contributed by atoms with E-state index < -0.39 is 17.0 Å². The Bertz CT molecular complexity index is 1070. The first-order valence-corrected chi connectivity index (χ1v) is 10.0. The average Bonchev–Trinajstić information content (AvgIpc) is 2.73. The van der Waals surface area contributed by atoms with Gasteiger partial charge in [0.15, 0.2) is 0 Å². The molecule has 1 aliphatic heterocycles. The largest absolute Gasteiger partial charge is 0.478 e. The summed E-state index contributed by atoms with van der Waals surface area (Å²) in [5, 5.41) is 8.53. The van der Waals surface area contributed by atoms with Crippen LogP contribution in [0.2, 0.25) is 0 Å². The molecule has 29 heavy (non-hydrogen) atoms. The van der Waals surface area contributed by atoms with Gasteiger partial charge in [-0.1, -0.05) is 48.5 Å². The summed E-state index contributed by atoms with van der Waals surface area (Å²) >= 11 is 1.42. The Morgan fingerprint density at radius 1 is 1.03 bits per heavy atom. The van der Waals surface area contributed by atoms with Gasteiger partial charge in [0.05, 0.1) is 23.0 Å². The lowest BCUT2D eigenvalue weighted by Crippen LogP contribution is -2.41. The summed E-state index contributed by atoms with van der Waals surface area (Å²) in [5.41, 5.74) is 2.09. The van der Waals surface area contributed by atoms with Crippen LogP contribution < -0.4 is 4.90 Å². The van der Waals surface area contributed by atoms with Gasteiger partial charge in [0.25, 0.3) is 0 Å². The molecule has 4 nitrogen and oxygen atoms in total. The number of hydrogen-bond acceptors (Lipinski definition) is 3. The van der Waals surface area contributed by atoms with Crippen molar-refractivity contribution < 1.29 is 19.1 Å². The molecule has 4 rings (SSSR count). The van der Waals surface area contributed by atoms with Crippen LogP contribution in [0, 0.1) is 5.82 Å². The number of amides is 1. The smallest absolute Gasteiger partial charge is 0.335 e. The molecule has 0 saturated heterocycles. The number of anilines is 1. The molecule has 146 valence electrons. The Kier molecular flexibility index (Phi) is 5.36. The summed E-state index contributed by atoms with van der Waals surface area (Å²) in [6.45, 7) is 0.439. The van der Waals surface area contributed by atoms with Crippen LogP contribution in [0.5, 0.6) is 0 Å². The van der Waals surface area contributed by atoms with E-state index in [9.17, 15) is 14.0 Å². The minimum atomic E-state index is -1.18. The third-order valence-corrected chi connectivity index (χ3v) is 6.11. The zero-order valence-electron chi connectivity index (χ0n) is 15.4. The van der Waals surface area contributed by atoms with E-state index in [-0.39, 0.29) is 17.9 Å². The van der Waals surface area contributed by atoms with E-state index in [2.05, 4.69) is 0 Å². The van der Waals surface area contributed by atoms with Crippen LogP contribution in [0.3, 0.4) is 0 Å². The fourth-order valence-electron chi connectivity index (χ4n) is 3.38. The highest BCUT2D eigenvalue weighted by atomic mass is 32.2. The third-order valence-electron chi connectivity index (χ3n) is 4.86. The highest BCUT2D eigenvalue weighted by molar-refractivity contribution is 8.01. The quantitative estimate of drug-likeness (QED) is 0.662. The van der Waals surface area contributed by atoms with Gasteiger partial charge in [-0.2, -0.15) is 0 Å². The summed E-state index contributed by atoms with van der Waals surface area (Å²) in [5.74, 6) is -1.87. The number of nitrogens with zero attached hydrogens (tertiary/aromatic N) is 1. The predicted molar refractivity (Wildman–Crippen MR) is 111 cm³/mol. The number of carboxylic acids is 1. The lowest BCUT2D eigenvalue weighted by molar-refractivity contribution is -0.118. The van der Waals surface area contributed by atoms with Gasteiger partial charge >= 0.3 is 5.97 Å². The van der Waals surface area contributed by atoms with Crippen molar-refractivity contribution in [2.45, 2.75) is 23.1 Å². The second-order valence-corrected chi connectivity index (χ2v) is 8.04. The molecule has 0 bridgehead atoms. The Balaban J connectivity index is 1.64. The van der Waals surface area contributed by atoms with E-state index in [0.717, 1.165) is 22.2 Å². The minimum absolute atomic E-state index is 0.0840. The lowest BCUT2D eigenvalue weighted by atomic mass is 10.0. The highest BCUT2D eigenvalue weighted by Gasteiger charge is 2.34. The first kappa shape index (κ1) is 19.2. The number of aromatic carboxylic acids is 1. The molecular formula is C23H18FNO3S. The molecule has 3 aromatic rings. The van der Waals surface area contributed by atoms with Gasteiger partial charge in [0.1, 0.15) is 5.82 Å². The van der Waals surface area contributed by atoms with Crippen LogP contribution in [0.25, 0.3) is 0 Å². The lowest BCUT2D eigenvalue weighted by Gasteiger charge is -2.34. The number of fused-ring (bicyclic) bond motifs is 1. The van der Waals surface area contributed by atoms with Crippen molar-refractivity contribution in [3.63, 3.8) is 0 Å². The maximum absolute atomic E-state index is 14.4. The number of benzene rings is 3. The number of carbonyl (C=O) groups excluding carboxylic acids is 1. The van der Waals surface area contributed by atoms with Crippen LogP contribution in [0.15, 0.2) is 77.7 Å². The zero-order valence-corrected chi connectivity index (χ0v) is 16.2. The molecular weight excluding hydrogens is 389 g/mol. The molecule has 1 atom stereocenters. The van der Waals surface area contributed by atoms with Crippen molar-refractivity contribution in [3.05, 3.63) is 95.3 Å². The molecule has 1 aliphatic rings. The summed E-state index contributed by atoms with van der Waals surface area (Å²) in [4.78, 5) is 27.0. The van der Waals surface area contributed by atoms with Crippen molar-refractivity contribution in [1.29, 1.82) is 0 Å². The molecule has 0 radical (unpaired) electrons. The van der Waals surface area contributed by atoms with E-state index >= 15 is 0 Å². The molecule has 1 heterocycles. The third kappa shape index (κ3) is 4.03. The molecule has 0 spiro atoms. The van der Waals surface area contributed by atoms with Crippen molar-refractivity contribution >= 4 is 29.3 Å². The van der Waals surface area contributed by atoms with Crippen LogP contribution in [-0.2, 0) is 17.8 Å². The van der Waals surface area contributed by atoms with Crippen molar-refractivity contribution in [2.75, 3.05) is 4.90 Å². The number of carbonyl (C=O) groups is 2. The monoisotopic (exact) mass is 407 g/mol. The number of thioether (sulfide) groups is 1. The van der Waals surface area contributed by atoms with Crippen LogP contribution >= 0.6 is 11.8 Å². The number of carboxylic acid groups (broad SMARTS) is 1. The first-order valence-electron chi connectivity index (χ1n) is 9.15. The van der Waals surface area contributed by atoms with Crippen molar-refractivity contribution in [2.24, 2.45) is 0 Å². The van der Waals surface area contributed by atoms with Gasteiger partial charge in [-0.15, -0.1) is 11.8 Å². The SMILES string of the molecule is O=C(O)c1ccc(CC2Sc3ccccc3N(Cc3ccccc3)C2=O)c(F)c1. The summed E-state index contributed by atoms with van der Waals surface area (Å²) in [7, 11) is 0. The van der Waals surface area contributed by atoms with E-state index in [1.165, 1.54) is 23.9 Å². The number of hydrogen-bond donors (Lipinski definition) is 1. The summed E-state index contributed by atoms with van der Waals surface area (Å²) in [6.07, 6.45) is 0.189. The number of halogens is 1. The highest BCUT2D eigenvalue weighted by Crippen LogP contribution is 2.41. The second-order valence-electron chi connectivity index (χ2n) is 6.80. The van der Waals surface area contributed by atoms with Gasteiger partial charge in [-0.25, -0.2) is 9.18 Å². The number of para-hydroxylation sites is 1. The van der Waals surface area contributed by atoms with E-state index in [4.69, 9.17) is 5.11 Å². The van der Waals surface area contributed by atoms with Gasteiger partial charge in [-0.05, 0) is 41.8 Å². The molecule has 1 unspecified atom stereocenters. The maximum Gasteiger partial charge on any atom is 0.335 e. The molecule has 0 fully saturated rings. The topological polar surface area (TPSA) is 57.6 Å². The predicted octanol–water partition coefficient (Wildman–Crippen LogP) is 4.77. The van der Waals surface area contributed by atoms with Crippen molar-refractivity contribution in [3.8, 4) is 0 Å². The fraction of sp³-hybridized carbons (Fsp3) is 0.130. The standard InChI is InChI=1S/C23H18FNO3S/c24-18-12-17(23(27)28)11-10-16(18)13-21-22(26)25(14-15-6-2-1-3-7-15)19-8-4-5-9-20(19)29-21/h1-12,21H,13-14H2,(H,27,28). The van der Waals surface area contributed by atoms with Crippen LogP contribution in [0.1, 0.15) is 21.5 Å². The molecule has 6 heteroatoms. The minimum Gasteiger partial charge on any atom is -0.478 e. The molecule has 0 saturated carbocycles. The maximum atomic E-state index is 14.4. The van der Waals surface area contributed by atoms with Gasteiger partial charge in [0.2, 0.25) is 5.91 Å². The molecule has 0 aromatic heterocycles. The molecule has 0 aliphatic carbocycles. The van der Waals surface area contributed by atoms with Gasteiger partial charge in [0, 0.05) is 4.90 Å². The Hall–Kier alpha value is -3.12. The van der Waals surface area contributed by atoms with E-state index in [1.54, 1.807) is 4.90 Å². The molecule has 1 amide bonds. The first-order chi connectivity index (χ1) is 14.0. The van der Waals surface area contributed by atoms with Gasteiger partial charge < -0.3 is 10.0 Å². The summed E-state index contributed by atoms with van der Waals surface area (Å²) < 4.78 is 14.4. The number of rotatable bonds is 5. The zero-order chi connectivity index (χ0) is 20.4. The van der Waals surface area contributed by atoms with E-state index in [0.29, 0.717) is 12.1 Å². The van der Waals surface area contributed by atoms with Gasteiger partial charge in [-0.3, -0.25) is 4.79 Å². The normalized spacial score (nSPS) is 15.8. The van der Waals surface area contributed by atoms with Crippen LogP contribution in [-0.4, -0.2) is 22.2 Å². The molecule has 1 N–H and O–H groups in total. The Morgan fingerprint density at radius 2 is 1.76 bits per heavy atom. The second kappa shape index (κ2) is 8.09. The molecule has 3 aromatic carbocycles. The van der Waals surface area contributed by atoms with E-state index in [1.807, 2.05) is 54.6 Å². The Morgan fingerprint density at radius 3 is 2.48 bits per heavy atom. The fourth-order valence-corrected chi connectivity index (χ4v) is 4.63.